The Labute approximate surface area is 168 Å². The van der Waals surface area contributed by atoms with E-state index in [1.807, 2.05) is 0 Å². The highest BCUT2D eigenvalue weighted by molar-refractivity contribution is 7.86. The normalized spacial score (nSPS) is 12.1. The van der Waals surface area contributed by atoms with E-state index >= 15 is 0 Å². The maximum absolute atomic E-state index is 11.2. The van der Waals surface area contributed by atoms with Gasteiger partial charge in [0.1, 0.15) is 0 Å². The first-order valence-electron chi connectivity index (χ1n) is 9.47. The number of hydrogen-bond acceptors (Lipinski definition) is 6. The molecule has 0 aliphatic carbocycles. The molecule has 6 nitrogen and oxygen atoms in total. The van der Waals surface area contributed by atoms with Crippen molar-refractivity contribution < 1.29 is 22.2 Å². The van der Waals surface area contributed by atoms with Gasteiger partial charge in [-0.2, -0.15) is 18.6 Å². The molecule has 0 saturated carbocycles. The van der Waals surface area contributed by atoms with Crippen LogP contribution in [0.5, 0.6) is 0 Å². The highest BCUT2D eigenvalue weighted by Gasteiger charge is 2.16. The van der Waals surface area contributed by atoms with Gasteiger partial charge in [-0.05, 0) is 6.42 Å². The second kappa shape index (κ2) is 21.8. The van der Waals surface area contributed by atoms with Crippen molar-refractivity contribution in [2.75, 3.05) is 19.2 Å². The maximum atomic E-state index is 11.2. The van der Waals surface area contributed by atoms with Crippen LogP contribution in [0.1, 0.15) is 92.4 Å². The van der Waals surface area contributed by atoms with Crippen LogP contribution in [0, 0.1) is 0 Å². The zero-order chi connectivity index (χ0) is 18.8. The van der Waals surface area contributed by atoms with Crippen molar-refractivity contribution >= 4 is 10.1 Å². The van der Waals surface area contributed by atoms with Gasteiger partial charge >= 0.3 is 10.1 Å². The lowest BCUT2D eigenvalue weighted by Gasteiger charge is -2.17. The molecule has 0 radical (unpaired) electrons. The summed E-state index contributed by atoms with van der Waals surface area (Å²) in [5, 5.41) is 0. The summed E-state index contributed by atoms with van der Waals surface area (Å²) in [6.07, 6.45) is 14.7. The van der Waals surface area contributed by atoms with Gasteiger partial charge in [0.2, 0.25) is 0 Å². The SMILES string of the molecule is C.C.C=CCOCC(CCCCCCCCCCCC)OCS(=O)(=O)ON. The molecule has 1 unspecified atom stereocenters. The lowest BCUT2D eigenvalue weighted by molar-refractivity contribution is 0.000823. The minimum absolute atomic E-state index is 0. The highest BCUT2D eigenvalue weighted by Crippen LogP contribution is 2.13. The summed E-state index contributed by atoms with van der Waals surface area (Å²) in [6, 6.07) is 0. The fourth-order valence-electron chi connectivity index (χ4n) is 2.56. The van der Waals surface area contributed by atoms with Crippen LogP contribution < -0.4 is 5.90 Å². The zero-order valence-electron chi connectivity index (χ0n) is 15.8. The van der Waals surface area contributed by atoms with Gasteiger partial charge in [0, 0.05) is 0 Å². The molecule has 2 N–H and O–H groups in total. The summed E-state index contributed by atoms with van der Waals surface area (Å²) in [6.45, 7) is 6.57. The third-order valence-corrected chi connectivity index (χ3v) is 4.73. The van der Waals surface area contributed by atoms with Crippen LogP contribution in [0.15, 0.2) is 12.7 Å². The quantitative estimate of drug-likeness (QED) is 0.175. The third kappa shape index (κ3) is 21.7. The molecular weight excluding hydrogens is 366 g/mol. The van der Waals surface area contributed by atoms with Crippen molar-refractivity contribution in [1.29, 1.82) is 0 Å². The first-order valence-corrected chi connectivity index (χ1v) is 11.0. The molecule has 0 aliphatic rings. The van der Waals surface area contributed by atoms with E-state index in [1.54, 1.807) is 6.08 Å². The molecule has 0 rings (SSSR count). The van der Waals surface area contributed by atoms with Crippen LogP contribution in [-0.4, -0.2) is 33.7 Å². The lowest BCUT2D eigenvalue weighted by atomic mass is 10.0. The van der Waals surface area contributed by atoms with Crippen molar-refractivity contribution in [1.82, 2.24) is 0 Å². The molecule has 0 bridgehead atoms. The number of hydrogen-bond donors (Lipinski definition) is 1. The van der Waals surface area contributed by atoms with E-state index in [9.17, 15) is 8.42 Å². The van der Waals surface area contributed by atoms with E-state index in [0.717, 1.165) is 19.3 Å². The lowest BCUT2D eigenvalue weighted by Crippen LogP contribution is -2.25. The van der Waals surface area contributed by atoms with Crippen molar-refractivity contribution in [2.24, 2.45) is 5.90 Å². The minimum atomic E-state index is -3.82. The molecule has 166 valence electrons. The largest absolute Gasteiger partial charge is 0.375 e. The Morgan fingerprint density at radius 3 is 1.96 bits per heavy atom. The average Bonchev–Trinajstić information content (AvgIpc) is 2.60. The van der Waals surface area contributed by atoms with Crippen LogP contribution in [0.2, 0.25) is 0 Å². The Balaban J connectivity index is -0.00000288. The van der Waals surface area contributed by atoms with Crippen LogP contribution in [0.25, 0.3) is 0 Å². The van der Waals surface area contributed by atoms with Gasteiger partial charge in [-0.1, -0.05) is 92.1 Å². The van der Waals surface area contributed by atoms with Gasteiger partial charge in [-0.25, -0.2) is 0 Å². The van der Waals surface area contributed by atoms with Gasteiger partial charge in [0.25, 0.3) is 0 Å². The maximum Gasteiger partial charge on any atom is 0.307 e. The Morgan fingerprint density at radius 2 is 1.48 bits per heavy atom. The van der Waals surface area contributed by atoms with Crippen LogP contribution >= 0.6 is 0 Å². The second-order valence-electron chi connectivity index (χ2n) is 6.36. The molecule has 0 aromatic carbocycles. The molecule has 0 saturated heterocycles. The van der Waals surface area contributed by atoms with Crippen molar-refractivity contribution in [2.45, 2.75) is 98.5 Å². The summed E-state index contributed by atoms with van der Waals surface area (Å²) < 4.78 is 37.2. The first kappa shape index (κ1) is 31.2. The van der Waals surface area contributed by atoms with Gasteiger partial charge in [0.15, 0.2) is 5.94 Å². The van der Waals surface area contributed by atoms with Crippen LogP contribution in [0.3, 0.4) is 0 Å². The van der Waals surface area contributed by atoms with Crippen LogP contribution in [-0.2, 0) is 23.9 Å². The number of unbranched alkanes of at least 4 members (excludes halogenated alkanes) is 9. The van der Waals surface area contributed by atoms with E-state index in [0.29, 0.717) is 13.2 Å². The molecule has 27 heavy (non-hydrogen) atoms. The first-order chi connectivity index (χ1) is 12.1. The zero-order valence-corrected chi connectivity index (χ0v) is 16.6. The second-order valence-corrected chi connectivity index (χ2v) is 7.90. The highest BCUT2D eigenvalue weighted by atomic mass is 32.2. The van der Waals surface area contributed by atoms with E-state index in [4.69, 9.17) is 15.4 Å². The molecule has 0 heterocycles. The Hall–Kier alpha value is -0.470. The monoisotopic (exact) mass is 411 g/mol. The van der Waals surface area contributed by atoms with E-state index < -0.39 is 16.1 Å². The topological polar surface area (TPSA) is 87.8 Å². The molecule has 0 spiro atoms. The van der Waals surface area contributed by atoms with E-state index in [-0.39, 0.29) is 21.0 Å². The molecule has 7 heteroatoms. The van der Waals surface area contributed by atoms with E-state index in [2.05, 4.69) is 17.8 Å². The molecule has 0 aromatic rings. The van der Waals surface area contributed by atoms with Gasteiger partial charge in [-0.15, -0.1) is 6.58 Å². The Bertz CT molecular complexity index is 401. The Kier molecular flexibility index (Phi) is 25.2. The molecule has 0 aliphatic heterocycles. The number of ether oxygens (including phenoxy) is 2. The van der Waals surface area contributed by atoms with Gasteiger partial charge < -0.3 is 9.47 Å². The predicted octanol–water partition coefficient (Wildman–Crippen LogP) is 5.34. The van der Waals surface area contributed by atoms with Crippen molar-refractivity contribution in [3.63, 3.8) is 0 Å². The molecule has 0 fully saturated rings. The van der Waals surface area contributed by atoms with Crippen molar-refractivity contribution in [3.05, 3.63) is 12.7 Å². The van der Waals surface area contributed by atoms with E-state index in [1.165, 1.54) is 51.4 Å². The van der Waals surface area contributed by atoms with Gasteiger partial charge in [-0.3, -0.25) is 0 Å². The predicted molar refractivity (Wildman–Crippen MR) is 115 cm³/mol. The smallest absolute Gasteiger partial charge is 0.307 e. The number of nitrogens with two attached hydrogens (primary N) is 1. The molecular formula is C20H45NO5S. The minimum Gasteiger partial charge on any atom is -0.375 e. The Morgan fingerprint density at radius 1 is 0.963 bits per heavy atom. The summed E-state index contributed by atoms with van der Waals surface area (Å²) >= 11 is 0. The summed E-state index contributed by atoms with van der Waals surface area (Å²) in [5.41, 5.74) is 0. The third-order valence-electron chi connectivity index (χ3n) is 4.01. The molecule has 1 atom stereocenters. The standard InChI is InChI=1S/C18H37NO5S.2CH4/c1-3-5-6-7-8-9-10-11-12-13-14-18(16-22-15-4-2)23-17-25(20,21)24-19;;/h4,18H,2-3,5-17,19H2,1H3;2*1H4. The van der Waals surface area contributed by atoms with Gasteiger partial charge in [0.05, 0.1) is 19.3 Å². The number of rotatable bonds is 19. The molecule has 0 aromatic heterocycles. The summed E-state index contributed by atoms with van der Waals surface area (Å²) in [7, 11) is -3.82. The van der Waals surface area contributed by atoms with Crippen LogP contribution in [0.4, 0.5) is 0 Å². The fourth-order valence-corrected chi connectivity index (χ4v) is 2.98. The summed E-state index contributed by atoms with van der Waals surface area (Å²) in [4.78, 5) is 0. The molecule has 0 amide bonds. The average molecular weight is 412 g/mol. The van der Waals surface area contributed by atoms with Crippen molar-refractivity contribution in [3.8, 4) is 0 Å². The summed E-state index contributed by atoms with van der Waals surface area (Å²) in [5.74, 6) is 4.16. The fraction of sp³-hybridized carbons (Fsp3) is 0.900.